The fraction of sp³-hybridized carbons (Fsp3) is 0.267. The number of ether oxygens (including phenoxy) is 2. The summed E-state index contributed by atoms with van der Waals surface area (Å²) in [6.45, 7) is 2.94. The summed E-state index contributed by atoms with van der Waals surface area (Å²) in [4.78, 5) is 19.6. The summed E-state index contributed by atoms with van der Waals surface area (Å²) >= 11 is 0. The fourth-order valence-electron chi connectivity index (χ4n) is 1.96. The normalized spacial score (nSPS) is 14.5. The van der Waals surface area contributed by atoms with Gasteiger partial charge in [-0.05, 0) is 13.0 Å². The lowest BCUT2D eigenvalue weighted by Crippen LogP contribution is -2.38. The number of carbonyl (C=O) groups is 1. The Morgan fingerprint density at radius 3 is 2.76 bits per heavy atom. The third kappa shape index (κ3) is 3.00. The number of benzene rings is 1. The van der Waals surface area contributed by atoms with Crippen molar-refractivity contribution in [3.8, 4) is 17.3 Å². The Kier molecular flexibility index (Phi) is 3.53. The first kappa shape index (κ1) is 13.5. The Morgan fingerprint density at radius 1 is 1.33 bits per heavy atom. The van der Waals surface area contributed by atoms with Crippen LogP contribution in [0.1, 0.15) is 16.1 Å². The zero-order chi connectivity index (χ0) is 14.8. The highest BCUT2D eigenvalue weighted by atomic mass is 16.6. The van der Waals surface area contributed by atoms with Crippen molar-refractivity contribution in [3.05, 3.63) is 41.6 Å². The molecule has 0 aliphatic carbocycles. The number of hydrogen-bond donors (Lipinski definition) is 1. The van der Waals surface area contributed by atoms with Crippen LogP contribution in [0.3, 0.4) is 0 Å². The predicted molar refractivity (Wildman–Crippen MR) is 74.4 cm³/mol. The molecule has 0 bridgehead atoms. The molecule has 1 saturated heterocycles. The van der Waals surface area contributed by atoms with Crippen molar-refractivity contribution in [3.63, 3.8) is 0 Å². The van der Waals surface area contributed by atoms with Gasteiger partial charge >= 0.3 is 5.97 Å². The van der Waals surface area contributed by atoms with E-state index in [9.17, 15) is 4.79 Å². The average molecular weight is 286 g/mol. The molecule has 0 atom stereocenters. The molecule has 1 aromatic carbocycles. The summed E-state index contributed by atoms with van der Waals surface area (Å²) in [5.74, 6) is -0.512. The van der Waals surface area contributed by atoms with Crippen LogP contribution in [0.4, 0.5) is 0 Å². The molecule has 1 aliphatic rings. The highest BCUT2D eigenvalue weighted by molar-refractivity contribution is 5.86. The van der Waals surface area contributed by atoms with Gasteiger partial charge in [-0.3, -0.25) is 0 Å². The molecule has 1 N–H and O–H groups in total. The molecule has 1 fully saturated rings. The molecule has 0 amide bonds. The third-order valence-corrected chi connectivity index (χ3v) is 3.09. The van der Waals surface area contributed by atoms with Crippen molar-refractivity contribution in [1.29, 1.82) is 0 Å². The monoisotopic (exact) mass is 286 g/mol. The maximum Gasteiger partial charge on any atom is 0.354 e. The molecule has 6 heteroatoms. The van der Waals surface area contributed by atoms with Crippen LogP contribution in [0.25, 0.3) is 11.4 Å². The van der Waals surface area contributed by atoms with Crippen LogP contribution in [0.2, 0.25) is 0 Å². The molecule has 21 heavy (non-hydrogen) atoms. The van der Waals surface area contributed by atoms with E-state index in [0.717, 1.165) is 11.1 Å². The lowest BCUT2D eigenvalue weighted by molar-refractivity contribution is -0.0813. The van der Waals surface area contributed by atoms with Gasteiger partial charge in [-0.1, -0.05) is 23.8 Å². The van der Waals surface area contributed by atoms with Crippen molar-refractivity contribution < 1.29 is 19.4 Å². The minimum atomic E-state index is -1.11. The summed E-state index contributed by atoms with van der Waals surface area (Å²) < 4.78 is 10.6. The lowest BCUT2D eigenvalue weighted by atomic mass is 10.1. The van der Waals surface area contributed by atoms with Gasteiger partial charge in [0.2, 0.25) is 5.88 Å². The van der Waals surface area contributed by atoms with E-state index in [2.05, 4.69) is 9.97 Å². The van der Waals surface area contributed by atoms with Crippen molar-refractivity contribution in [2.24, 2.45) is 0 Å². The molecule has 6 nitrogen and oxygen atoms in total. The Morgan fingerprint density at radius 2 is 2.14 bits per heavy atom. The largest absolute Gasteiger partial charge is 0.477 e. The number of hydrogen-bond acceptors (Lipinski definition) is 5. The van der Waals surface area contributed by atoms with Crippen molar-refractivity contribution >= 4 is 5.97 Å². The van der Waals surface area contributed by atoms with Crippen molar-refractivity contribution in [2.75, 3.05) is 13.2 Å². The number of aromatic nitrogens is 2. The second-order valence-electron chi connectivity index (χ2n) is 4.87. The molecule has 1 aromatic heterocycles. The number of aryl methyl sites for hydroxylation is 1. The van der Waals surface area contributed by atoms with Crippen molar-refractivity contribution in [2.45, 2.75) is 13.0 Å². The molecular formula is C15H14N2O4. The average Bonchev–Trinajstić information content (AvgIpc) is 2.42. The number of carboxylic acids is 1. The molecule has 0 radical (unpaired) electrons. The maximum atomic E-state index is 11.2. The first-order valence-electron chi connectivity index (χ1n) is 6.55. The quantitative estimate of drug-likeness (QED) is 0.924. The van der Waals surface area contributed by atoms with Gasteiger partial charge in [-0.15, -0.1) is 0 Å². The molecule has 1 aliphatic heterocycles. The predicted octanol–water partition coefficient (Wildman–Crippen LogP) is 1.93. The van der Waals surface area contributed by atoms with E-state index in [1.165, 1.54) is 6.07 Å². The lowest BCUT2D eigenvalue weighted by Gasteiger charge is -2.26. The summed E-state index contributed by atoms with van der Waals surface area (Å²) in [7, 11) is 0. The van der Waals surface area contributed by atoms with E-state index in [1.807, 2.05) is 31.2 Å². The highest BCUT2D eigenvalue weighted by Crippen LogP contribution is 2.22. The Balaban J connectivity index is 1.99. The van der Waals surface area contributed by atoms with Crippen LogP contribution < -0.4 is 4.74 Å². The number of aromatic carboxylic acids is 1. The van der Waals surface area contributed by atoms with Crippen LogP contribution >= 0.6 is 0 Å². The van der Waals surface area contributed by atoms with Gasteiger partial charge in [0, 0.05) is 11.6 Å². The number of nitrogens with zero attached hydrogens (tertiary/aromatic N) is 2. The second kappa shape index (κ2) is 5.49. The summed E-state index contributed by atoms with van der Waals surface area (Å²) in [6, 6.07) is 8.90. The fourth-order valence-corrected chi connectivity index (χ4v) is 1.96. The van der Waals surface area contributed by atoms with Gasteiger partial charge in [0.25, 0.3) is 0 Å². The molecular weight excluding hydrogens is 272 g/mol. The van der Waals surface area contributed by atoms with E-state index in [-0.39, 0.29) is 17.7 Å². The standard InChI is InChI=1S/C15H14N2O4/c1-9-3-2-4-10(5-9)14-16-12(15(18)19)6-13(17-14)21-11-7-20-8-11/h2-6,11H,7-8H2,1H3,(H,18,19). The number of rotatable bonds is 4. The van der Waals surface area contributed by atoms with Gasteiger partial charge in [-0.2, -0.15) is 4.98 Å². The Hall–Kier alpha value is -2.47. The van der Waals surface area contributed by atoms with Crippen molar-refractivity contribution in [1.82, 2.24) is 9.97 Å². The molecule has 2 heterocycles. The summed E-state index contributed by atoms with van der Waals surface area (Å²) in [5.41, 5.74) is 1.72. The van der Waals surface area contributed by atoms with E-state index in [1.54, 1.807) is 0 Å². The van der Waals surface area contributed by atoms with Gasteiger partial charge in [0.05, 0.1) is 13.2 Å². The van der Waals surface area contributed by atoms with Crippen LogP contribution in [-0.2, 0) is 4.74 Å². The topological polar surface area (TPSA) is 81.5 Å². The van der Waals surface area contributed by atoms with Gasteiger partial charge < -0.3 is 14.6 Å². The zero-order valence-corrected chi connectivity index (χ0v) is 11.4. The minimum Gasteiger partial charge on any atom is -0.477 e. The first-order valence-corrected chi connectivity index (χ1v) is 6.55. The van der Waals surface area contributed by atoms with Crippen LogP contribution in [0.15, 0.2) is 30.3 Å². The molecule has 108 valence electrons. The zero-order valence-electron chi connectivity index (χ0n) is 11.4. The van der Waals surface area contributed by atoms with Gasteiger partial charge in [0.15, 0.2) is 11.5 Å². The Labute approximate surface area is 121 Å². The van der Waals surface area contributed by atoms with Crippen LogP contribution in [0, 0.1) is 6.92 Å². The van der Waals surface area contributed by atoms with Crippen LogP contribution in [0.5, 0.6) is 5.88 Å². The molecule has 3 rings (SSSR count). The summed E-state index contributed by atoms with van der Waals surface area (Å²) in [5, 5.41) is 9.17. The Bertz CT molecular complexity index is 683. The van der Waals surface area contributed by atoms with E-state index in [0.29, 0.717) is 19.0 Å². The second-order valence-corrected chi connectivity index (χ2v) is 4.87. The van der Waals surface area contributed by atoms with E-state index < -0.39 is 5.97 Å². The SMILES string of the molecule is Cc1cccc(-c2nc(OC3COC3)cc(C(=O)O)n2)c1. The number of carboxylic acid groups (broad SMARTS) is 1. The third-order valence-electron chi connectivity index (χ3n) is 3.09. The van der Waals surface area contributed by atoms with E-state index in [4.69, 9.17) is 14.6 Å². The minimum absolute atomic E-state index is 0.0769. The van der Waals surface area contributed by atoms with Gasteiger partial charge in [-0.25, -0.2) is 9.78 Å². The van der Waals surface area contributed by atoms with Crippen LogP contribution in [-0.4, -0.2) is 40.4 Å². The molecule has 2 aromatic rings. The highest BCUT2D eigenvalue weighted by Gasteiger charge is 2.22. The first-order chi connectivity index (χ1) is 10.1. The molecule has 0 spiro atoms. The van der Waals surface area contributed by atoms with E-state index >= 15 is 0 Å². The molecule has 0 unspecified atom stereocenters. The maximum absolute atomic E-state index is 11.2. The summed E-state index contributed by atoms with van der Waals surface area (Å²) in [6.07, 6.45) is -0.0769. The molecule has 0 saturated carbocycles. The van der Waals surface area contributed by atoms with Gasteiger partial charge in [0.1, 0.15) is 6.10 Å². The smallest absolute Gasteiger partial charge is 0.354 e.